The molecule has 1 fully saturated rings. The van der Waals surface area contributed by atoms with Gasteiger partial charge in [-0.2, -0.15) is 0 Å². The molecule has 0 aliphatic carbocycles. The van der Waals surface area contributed by atoms with E-state index in [0.29, 0.717) is 13.0 Å². The van der Waals surface area contributed by atoms with Crippen molar-refractivity contribution >= 4 is 11.9 Å². The SMILES string of the molecule is COCc1nnc(C(=O)N2CCC(C(=O)OC)(c3ccccc3)C2)o1. The molecule has 1 aromatic heterocycles. The highest BCUT2D eigenvalue weighted by Crippen LogP contribution is 2.36. The first-order valence-electron chi connectivity index (χ1n) is 7.85. The van der Waals surface area contributed by atoms with E-state index in [1.807, 2.05) is 30.3 Å². The van der Waals surface area contributed by atoms with E-state index in [9.17, 15) is 9.59 Å². The third-order valence-corrected chi connectivity index (χ3v) is 4.38. The molecule has 8 heteroatoms. The Bertz CT molecular complexity index is 761. The lowest BCUT2D eigenvalue weighted by molar-refractivity contribution is -0.147. The molecule has 1 atom stereocenters. The summed E-state index contributed by atoms with van der Waals surface area (Å²) in [7, 11) is 2.85. The van der Waals surface area contributed by atoms with Crippen LogP contribution in [0.2, 0.25) is 0 Å². The van der Waals surface area contributed by atoms with Crippen molar-refractivity contribution in [2.75, 3.05) is 27.3 Å². The van der Waals surface area contributed by atoms with Crippen molar-refractivity contribution in [3.8, 4) is 0 Å². The Labute approximate surface area is 144 Å². The molecule has 1 aliphatic rings. The molecule has 1 amide bonds. The van der Waals surface area contributed by atoms with E-state index in [1.165, 1.54) is 19.1 Å². The molecule has 2 aromatic rings. The van der Waals surface area contributed by atoms with Crippen LogP contribution >= 0.6 is 0 Å². The number of nitrogens with zero attached hydrogens (tertiary/aromatic N) is 3. The predicted octanol–water partition coefficient (Wildman–Crippen LogP) is 1.17. The number of hydrogen-bond donors (Lipinski definition) is 0. The van der Waals surface area contributed by atoms with Gasteiger partial charge in [-0.1, -0.05) is 30.3 Å². The Morgan fingerprint density at radius 2 is 2.00 bits per heavy atom. The molecule has 1 aliphatic heterocycles. The summed E-state index contributed by atoms with van der Waals surface area (Å²) in [5.74, 6) is -0.649. The highest BCUT2D eigenvalue weighted by molar-refractivity contribution is 5.92. The number of ether oxygens (including phenoxy) is 2. The summed E-state index contributed by atoms with van der Waals surface area (Å²) in [4.78, 5) is 26.7. The number of likely N-dealkylation sites (tertiary alicyclic amines) is 1. The fourth-order valence-corrected chi connectivity index (χ4v) is 3.11. The normalized spacial score (nSPS) is 19.8. The largest absolute Gasteiger partial charge is 0.468 e. The average Bonchev–Trinajstić information content (AvgIpc) is 3.30. The summed E-state index contributed by atoms with van der Waals surface area (Å²) in [6.45, 7) is 0.728. The van der Waals surface area contributed by atoms with Crippen LogP contribution in [0.1, 0.15) is 28.6 Å². The van der Waals surface area contributed by atoms with Crippen LogP contribution in [0.25, 0.3) is 0 Å². The minimum atomic E-state index is -0.888. The highest BCUT2D eigenvalue weighted by atomic mass is 16.5. The van der Waals surface area contributed by atoms with Gasteiger partial charge in [0.05, 0.1) is 7.11 Å². The van der Waals surface area contributed by atoms with Gasteiger partial charge in [-0.05, 0) is 12.0 Å². The van der Waals surface area contributed by atoms with E-state index >= 15 is 0 Å². The van der Waals surface area contributed by atoms with Crippen molar-refractivity contribution < 1.29 is 23.5 Å². The molecule has 8 nitrogen and oxygen atoms in total. The van der Waals surface area contributed by atoms with Crippen LogP contribution in [0.3, 0.4) is 0 Å². The molecule has 2 heterocycles. The Morgan fingerprint density at radius 3 is 2.68 bits per heavy atom. The van der Waals surface area contributed by atoms with E-state index < -0.39 is 11.3 Å². The van der Waals surface area contributed by atoms with Crippen LogP contribution in [-0.4, -0.2) is 54.3 Å². The summed E-state index contributed by atoms with van der Waals surface area (Å²) < 4.78 is 15.2. The van der Waals surface area contributed by atoms with Crippen molar-refractivity contribution in [2.24, 2.45) is 0 Å². The van der Waals surface area contributed by atoms with Crippen LogP contribution < -0.4 is 0 Å². The smallest absolute Gasteiger partial charge is 0.318 e. The molecule has 25 heavy (non-hydrogen) atoms. The van der Waals surface area contributed by atoms with E-state index in [1.54, 1.807) is 0 Å². The molecular weight excluding hydrogens is 326 g/mol. The van der Waals surface area contributed by atoms with Crippen LogP contribution in [0.5, 0.6) is 0 Å². The molecule has 0 N–H and O–H groups in total. The molecule has 1 unspecified atom stereocenters. The second kappa shape index (κ2) is 7.02. The number of amides is 1. The standard InChI is InChI=1S/C17H19N3O5/c1-23-10-13-18-19-14(25-13)15(21)20-9-8-17(11-20,16(22)24-2)12-6-4-3-5-7-12/h3-7H,8-11H2,1-2H3. The van der Waals surface area contributed by atoms with E-state index in [-0.39, 0.29) is 30.9 Å². The summed E-state index contributed by atoms with van der Waals surface area (Å²) in [6.07, 6.45) is 0.467. The van der Waals surface area contributed by atoms with Gasteiger partial charge in [-0.25, -0.2) is 0 Å². The van der Waals surface area contributed by atoms with Crippen molar-refractivity contribution in [3.63, 3.8) is 0 Å². The minimum absolute atomic E-state index is 0.110. The lowest BCUT2D eigenvalue weighted by Gasteiger charge is -2.26. The monoisotopic (exact) mass is 345 g/mol. The number of esters is 1. The molecule has 0 spiro atoms. The summed E-state index contributed by atoms with van der Waals surface area (Å²) >= 11 is 0. The third kappa shape index (κ3) is 3.12. The maximum Gasteiger partial charge on any atom is 0.318 e. The molecular formula is C17H19N3O5. The third-order valence-electron chi connectivity index (χ3n) is 4.38. The van der Waals surface area contributed by atoms with Crippen LogP contribution in [-0.2, 0) is 26.3 Å². The minimum Gasteiger partial charge on any atom is -0.468 e. The first-order chi connectivity index (χ1) is 12.1. The number of hydrogen-bond acceptors (Lipinski definition) is 7. The van der Waals surface area contributed by atoms with E-state index in [0.717, 1.165) is 5.56 Å². The zero-order chi connectivity index (χ0) is 17.9. The molecule has 1 aromatic carbocycles. The molecule has 0 saturated carbocycles. The fourth-order valence-electron chi connectivity index (χ4n) is 3.11. The molecule has 132 valence electrons. The van der Waals surface area contributed by atoms with Crippen molar-refractivity contribution in [1.82, 2.24) is 15.1 Å². The molecule has 3 rings (SSSR count). The number of carbonyl (C=O) groups excluding carboxylic acids is 2. The maximum atomic E-state index is 12.6. The van der Waals surface area contributed by atoms with Crippen molar-refractivity contribution in [2.45, 2.75) is 18.4 Å². The van der Waals surface area contributed by atoms with Gasteiger partial charge in [0.15, 0.2) is 0 Å². The average molecular weight is 345 g/mol. The van der Waals surface area contributed by atoms with Gasteiger partial charge >= 0.3 is 17.8 Å². The maximum absolute atomic E-state index is 12.6. The second-order valence-electron chi connectivity index (χ2n) is 5.85. The number of rotatable bonds is 5. The van der Waals surface area contributed by atoms with Crippen LogP contribution in [0, 0.1) is 0 Å². The van der Waals surface area contributed by atoms with Gasteiger partial charge < -0.3 is 18.8 Å². The van der Waals surface area contributed by atoms with Gasteiger partial charge in [0.25, 0.3) is 0 Å². The number of carbonyl (C=O) groups is 2. The van der Waals surface area contributed by atoms with Crippen molar-refractivity contribution in [1.29, 1.82) is 0 Å². The van der Waals surface area contributed by atoms with E-state index in [4.69, 9.17) is 13.9 Å². The fraction of sp³-hybridized carbons (Fsp3) is 0.412. The summed E-state index contributed by atoms with van der Waals surface area (Å²) in [5.41, 5.74) is -0.0659. The van der Waals surface area contributed by atoms with Gasteiger partial charge in [-0.15, -0.1) is 10.2 Å². The van der Waals surface area contributed by atoms with Crippen LogP contribution in [0.15, 0.2) is 34.7 Å². The quantitative estimate of drug-likeness (QED) is 0.751. The zero-order valence-electron chi connectivity index (χ0n) is 14.1. The van der Waals surface area contributed by atoms with Gasteiger partial charge in [0.1, 0.15) is 12.0 Å². The first-order valence-corrected chi connectivity index (χ1v) is 7.85. The Balaban J connectivity index is 1.84. The van der Waals surface area contributed by atoms with Gasteiger partial charge in [0.2, 0.25) is 5.89 Å². The second-order valence-corrected chi connectivity index (χ2v) is 5.85. The Morgan fingerprint density at radius 1 is 1.24 bits per heavy atom. The molecule has 0 bridgehead atoms. The van der Waals surface area contributed by atoms with Gasteiger partial charge in [0, 0.05) is 20.2 Å². The summed E-state index contributed by atoms with van der Waals surface area (Å²) in [5, 5.41) is 7.52. The lowest BCUT2D eigenvalue weighted by Crippen LogP contribution is -2.41. The Kier molecular flexibility index (Phi) is 4.80. The highest BCUT2D eigenvalue weighted by Gasteiger charge is 2.49. The predicted molar refractivity (Wildman–Crippen MR) is 85.7 cm³/mol. The zero-order valence-corrected chi connectivity index (χ0v) is 14.1. The summed E-state index contributed by atoms with van der Waals surface area (Å²) in [6, 6.07) is 9.34. The van der Waals surface area contributed by atoms with E-state index in [2.05, 4.69) is 10.2 Å². The topological polar surface area (TPSA) is 94.8 Å². The lowest BCUT2D eigenvalue weighted by atomic mass is 9.79. The first kappa shape index (κ1) is 17.1. The number of benzene rings is 1. The van der Waals surface area contributed by atoms with Crippen LogP contribution in [0.4, 0.5) is 0 Å². The molecule has 1 saturated heterocycles. The molecule has 0 radical (unpaired) electrons. The Hall–Kier alpha value is -2.74. The van der Waals surface area contributed by atoms with Gasteiger partial charge in [-0.3, -0.25) is 9.59 Å². The number of aromatic nitrogens is 2. The van der Waals surface area contributed by atoms with Crippen molar-refractivity contribution in [3.05, 3.63) is 47.7 Å². The number of methoxy groups -OCH3 is 2.